The predicted molar refractivity (Wildman–Crippen MR) is 132 cm³/mol. The van der Waals surface area contributed by atoms with E-state index in [0.717, 1.165) is 54.3 Å². The fourth-order valence-corrected chi connectivity index (χ4v) is 4.30. The number of ether oxygens (including phenoxy) is 1. The number of aryl methyl sites for hydroxylation is 1. The van der Waals surface area contributed by atoms with Gasteiger partial charge < -0.3 is 15.4 Å². The molecule has 160 valence electrons. The average Bonchev–Trinajstić information content (AvgIpc) is 3.20. The van der Waals surface area contributed by atoms with Gasteiger partial charge in [-0.25, -0.2) is 4.98 Å². The molecule has 0 aliphatic carbocycles. The Balaban J connectivity index is 0.00000300. The van der Waals surface area contributed by atoms with Crippen molar-refractivity contribution in [2.75, 3.05) is 39.9 Å². The summed E-state index contributed by atoms with van der Waals surface area (Å²) in [7, 11) is 1.79. The number of aliphatic imine (C=N–C) groups is 1. The first-order valence-electron chi connectivity index (χ1n) is 9.65. The zero-order valence-corrected chi connectivity index (χ0v) is 20.8. The molecule has 1 aromatic heterocycles. The lowest BCUT2D eigenvalue weighted by molar-refractivity contribution is 0.0170. The first-order valence-corrected chi connectivity index (χ1v) is 10.8. The number of nitrogens with zero attached hydrogens (tertiary/aromatic N) is 3. The summed E-state index contributed by atoms with van der Waals surface area (Å²) in [6.07, 6.45) is 2.97. The van der Waals surface area contributed by atoms with Crippen LogP contribution in [0.15, 0.2) is 35.5 Å². The summed E-state index contributed by atoms with van der Waals surface area (Å²) in [5.41, 5.74) is 1.13. The molecule has 0 radical (unpaired) electrons. The maximum Gasteiger partial charge on any atom is 0.191 e. The van der Waals surface area contributed by atoms with E-state index in [1.807, 2.05) is 24.4 Å². The molecule has 0 amide bonds. The van der Waals surface area contributed by atoms with Gasteiger partial charge in [-0.2, -0.15) is 0 Å². The van der Waals surface area contributed by atoms with Gasteiger partial charge in [-0.3, -0.25) is 9.89 Å². The second kappa shape index (κ2) is 12.7. The van der Waals surface area contributed by atoms with Gasteiger partial charge in [-0.15, -0.1) is 35.3 Å². The van der Waals surface area contributed by atoms with Crippen LogP contribution in [0.25, 0.3) is 0 Å². The molecule has 2 aromatic rings. The Bertz CT molecular complexity index is 782. The third kappa shape index (κ3) is 7.06. The standard InChI is InChI=1S/C20H28ClN5OS.HI/c1-3-15-12-23-19(28-15)14-25-20(22-2)24-13-18(26-8-10-27-11-9-26)16-6-4-5-7-17(16)21;/h4-7,12,18H,3,8-11,13-14H2,1-2H3,(H2,22,24,25);1H. The fraction of sp³-hybridized carbons (Fsp3) is 0.500. The Kier molecular flexibility index (Phi) is 10.6. The van der Waals surface area contributed by atoms with Crippen LogP contribution < -0.4 is 10.6 Å². The highest BCUT2D eigenvalue weighted by atomic mass is 127. The third-order valence-electron chi connectivity index (χ3n) is 4.79. The second-order valence-electron chi connectivity index (χ2n) is 6.57. The lowest BCUT2D eigenvalue weighted by atomic mass is 10.0. The van der Waals surface area contributed by atoms with Gasteiger partial charge in [0.1, 0.15) is 5.01 Å². The van der Waals surface area contributed by atoms with Gasteiger partial charge in [-0.1, -0.05) is 36.7 Å². The molecule has 1 unspecified atom stereocenters. The van der Waals surface area contributed by atoms with E-state index in [9.17, 15) is 0 Å². The van der Waals surface area contributed by atoms with Crippen molar-refractivity contribution < 1.29 is 4.74 Å². The summed E-state index contributed by atoms with van der Waals surface area (Å²) in [5.74, 6) is 0.763. The molecule has 2 heterocycles. The number of thiazole rings is 1. The number of rotatable bonds is 7. The van der Waals surface area contributed by atoms with Crippen LogP contribution in [0.4, 0.5) is 0 Å². The molecule has 0 spiro atoms. The van der Waals surface area contributed by atoms with E-state index >= 15 is 0 Å². The smallest absolute Gasteiger partial charge is 0.191 e. The Morgan fingerprint density at radius 1 is 1.31 bits per heavy atom. The number of morpholine rings is 1. The largest absolute Gasteiger partial charge is 0.379 e. The van der Waals surface area contributed by atoms with Gasteiger partial charge in [0.25, 0.3) is 0 Å². The van der Waals surface area contributed by atoms with Crippen molar-refractivity contribution in [1.82, 2.24) is 20.5 Å². The van der Waals surface area contributed by atoms with Crippen LogP contribution in [0.3, 0.4) is 0 Å². The molecule has 1 aliphatic rings. The van der Waals surface area contributed by atoms with Crippen LogP contribution in [0.2, 0.25) is 5.02 Å². The summed E-state index contributed by atoms with van der Waals surface area (Å²) in [4.78, 5) is 12.5. The van der Waals surface area contributed by atoms with Gasteiger partial charge in [0.15, 0.2) is 5.96 Å². The first-order chi connectivity index (χ1) is 13.7. The molecule has 1 saturated heterocycles. The number of aromatic nitrogens is 1. The molecule has 1 aromatic carbocycles. The van der Waals surface area contributed by atoms with Gasteiger partial charge in [0, 0.05) is 42.8 Å². The summed E-state index contributed by atoms with van der Waals surface area (Å²) in [5, 5.41) is 8.67. The summed E-state index contributed by atoms with van der Waals surface area (Å²) < 4.78 is 5.52. The van der Waals surface area contributed by atoms with Crippen LogP contribution >= 0.6 is 46.9 Å². The molecule has 0 bridgehead atoms. The minimum Gasteiger partial charge on any atom is -0.379 e. The molecular formula is C20H29ClIN5OS. The van der Waals surface area contributed by atoms with Crippen LogP contribution in [0, 0.1) is 0 Å². The highest BCUT2D eigenvalue weighted by Crippen LogP contribution is 2.27. The predicted octanol–water partition coefficient (Wildman–Crippen LogP) is 3.72. The molecule has 6 nitrogen and oxygen atoms in total. The minimum atomic E-state index is 0. The Morgan fingerprint density at radius 2 is 2.07 bits per heavy atom. The number of hydrogen-bond donors (Lipinski definition) is 2. The summed E-state index contributed by atoms with van der Waals surface area (Å²) in [6, 6.07) is 8.21. The first kappa shape index (κ1) is 24.3. The van der Waals surface area contributed by atoms with E-state index in [-0.39, 0.29) is 30.0 Å². The van der Waals surface area contributed by atoms with E-state index in [0.29, 0.717) is 13.1 Å². The van der Waals surface area contributed by atoms with Crippen molar-refractivity contribution in [2.24, 2.45) is 4.99 Å². The lowest BCUT2D eigenvalue weighted by Gasteiger charge is -2.35. The molecule has 1 fully saturated rings. The van der Waals surface area contributed by atoms with Crippen molar-refractivity contribution in [3.63, 3.8) is 0 Å². The van der Waals surface area contributed by atoms with Gasteiger partial charge in [0.2, 0.25) is 0 Å². The zero-order valence-electron chi connectivity index (χ0n) is 16.9. The number of guanidine groups is 1. The normalized spacial score (nSPS) is 16.2. The summed E-state index contributed by atoms with van der Waals surface area (Å²) in [6.45, 7) is 6.80. The topological polar surface area (TPSA) is 61.8 Å². The average molecular weight is 550 g/mol. The Labute approximate surface area is 199 Å². The molecule has 9 heteroatoms. The minimum absolute atomic E-state index is 0. The highest BCUT2D eigenvalue weighted by molar-refractivity contribution is 14.0. The summed E-state index contributed by atoms with van der Waals surface area (Å²) >= 11 is 8.24. The molecule has 29 heavy (non-hydrogen) atoms. The van der Waals surface area contributed by atoms with Gasteiger partial charge in [-0.05, 0) is 18.1 Å². The quantitative estimate of drug-likeness (QED) is 0.313. The van der Waals surface area contributed by atoms with Crippen LogP contribution in [0.5, 0.6) is 0 Å². The van der Waals surface area contributed by atoms with Crippen LogP contribution in [-0.4, -0.2) is 55.7 Å². The Morgan fingerprint density at radius 3 is 2.72 bits per heavy atom. The van der Waals surface area contributed by atoms with Gasteiger partial charge >= 0.3 is 0 Å². The van der Waals surface area contributed by atoms with E-state index in [2.05, 4.69) is 38.5 Å². The fourth-order valence-electron chi connectivity index (χ4n) is 3.24. The second-order valence-corrected chi connectivity index (χ2v) is 8.17. The van der Waals surface area contributed by atoms with E-state index in [1.54, 1.807) is 18.4 Å². The molecule has 1 aliphatic heterocycles. The third-order valence-corrected chi connectivity index (χ3v) is 6.28. The van der Waals surface area contributed by atoms with Crippen molar-refractivity contribution in [1.29, 1.82) is 0 Å². The SMILES string of the molecule is CCc1cnc(CNC(=NC)NCC(c2ccccc2Cl)N2CCOCC2)s1.I. The molecule has 2 N–H and O–H groups in total. The zero-order chi connectivity index (χ0) is 19.8. The number of hydrogen-bond acceptors (Lipinski definition) is 5. The van der Waals surface area contributed by atoms with Crippen molar-refractivity contribution >= 4 is 52.9 Å². The maximum atomic E-state index is 6.51. The molecule has 1 atom stereocenters. The number of nitrogens with one attached hydrogen (secondary N) is 2. The van der Waals surface area contributed by atoms with Crippen LogP contribution in [-0.2, 0) is 17.7 Å². The number of halogens is 2. The number of benzene rings is 1. The molecule has 0 saturated carbocycles. The van der Waals surface area contributed by atoms with Crippen molar-refractivity contribution in [3.8, 4) is 0 Å². The van der Waals surface area contributed by atoms with E-state index in [1.165, 1.54) is 4.88 Å². The van der Waals surface area contributed by atoms with E-state index < -0.39 is 0 Å². The Hall–Kier alpha value is -0.940. The molecular weight excluding hydrogens is 521 g/mol. The van der Waals surface area contributed by atoms with Gasteiger partial charge in [0.05, 0.1) is 25.8 Å². The highest BCUT2D eigenvalue weighted by Gasteiger charge is 2.24. The lowest BCUT2D eigenvalue weighted by Crippen LogP contribution is -2.46. The van der Waals surface area contributed by atoms with E-state index in [4.69, 9.17) is 16.3 Å². The monoisotopic (exact) mass is 549 g/mol. The molecule has 3 rings (SSSR count). The van der Waals surface area contributed by atoms with Crippen LogP contribution in [0.1, 0.15) is 28.4 Å². The van der Waals surface area contributed by atoms with Crippen molar-refractivity contribution in [2.45, 2.75) is 25.9 Å². The van der Waals surface area contributed by atoms with Crippen molar-refractivity contribution in [3.05, 3.63) is 50.9 Å². The maximum absolute atomic E-state index is 6.51.